The fraction of sp³-hybridized carbons (Fsp3) is 0.0833. The molecule has 0 atom stereocenters. The van der Waals surface area contributed by atoms with Crippen molar-refractivity contribution in [2.45, 2.75) is 6.61 Å². The summed E-state index contributed by atoms with van der Waals surface area (Å²) in [6, 6.07) is 19.0. The molecule has 5 nitrogen and oxygen atoms in total. The predicted octanol–water partition coefficient (Wildman–Crippen LogP) is 6.34. The van der Waals surface area contributed by atoms with Crippen LogP contribution in [-0.2, 0) is 6.61 Å². The SMILES string of the molecule is COc1cc(C=C(C#N)c2ccccc2Cl)cc(Cl)c1OCc1cccc(C(=O)O)c1. The van der Waals surface area contributed by atoms with Crippen molar-refractivity contribution in [2.75, 3.05) is 7.11 Å². The number of hydrogen-bond donors (Lipinski definition) is 1. The van der Waals surface area contributed by atoms with Crippen LogP contribution in [0.3, 0.4) is 0 Å². The van der Waals surface area contributed by atoms with Crippen LogP contribution in [0.2, 0.25) is 10.0 Å². The zero-order valence-electron chi connectivity index (χ0n) is 16.4. The highest BCUT2D eigenvalue weighted by Crippen LogP contribution is 2.38. The number of benzene rings is 3. The van der Waals surface area contributed by atoms with Crippen molar-refractivity contribution >= 4 is 40.8 Å². The molecule has 3 rings (SSSR count). The molecule has 7 heteroatoms. The zero-order chi connectivity index (χ0) is 22.4. The van der Waals surface area contributed by atoms with Crippen LogP contribution in [0.5, 0.6) is 11.5 Å². The molecule has 156 valence electrons. The Morgan fingerprint density at radius 3 is 2.55 bits per heavy atom. The number of allylic oxidation sites excluding steroid dienone is 1. The van der Waals surface area contributed by atoms with Gasteiger partial charge in [0.2, 0.25) is 0 Å². The van der Waals surface area contributed by atoms with Gasteiger partial charge in [0.15, 0.2) is 11.5 Å². The van der Waals surface area contributed by atoms with E-state index in [0.717, 1.165) is 0 Å². The first-order valence-electron chi connectivity index (χ1n) is 9.12. The summed E-state index contributed by atoms with van der Waals surface area (Å²) in [6.45, 7) is 0.107. The summed E-state index contributed by atoms with van der Waals surface area (Å²) in [5.74, 6) is -0.316. The van der Waals surface area contributed by atoms with Crippen molar-refractivity contribution in [3.8, 4) is 17.6 Å². The van der Waals surface area contributed by atoms with Gasteiger partial charge in [-0.2, -0.15) is 5.26 Å². The summed E-state index contributed by atoms with van der Waals surface area (Å²) >= 11 is 12.6. The van der Waals surface area contributed by atoms with E-state index in [0.29, 0.717) is 38.8 Å². The lowest BCUT2D eigenvalue weighted by atomic mass is 10.0. The predicted molar refractivity (Wildman–Crippen MR) is 121 cm³/mol. The number of ether oxygens (including phenoxy) is 2. The molecular formula is C24H17Cl2NO4. The monoisotopic (exact) mass is 453 g/mol. The Morgan fingerprint density at radius 2 is 1.87 bits per heavy atom. The lowest BCUT2D eigenvalue weighted by Gasteiger charge is -2.14. The molecule has 0 aliphatic heterocycles. The first kappa shape index (κ1) is 22.2. The van der Waals surface area contributed by atoms with E-state index < -0.39 is 5.97 Å². The molecule has 0 saturated carbocycles. The second-order valence-electron chi connectivity index (χ2n) is 6.48. The van der Waals surface area contributed by atoms with Gasteiger partial charge >= 0.3 is 5.97 Å². The van der Waals surface area contributed by atoms with Crippen molar-refractivity contribution in [1.82, 2.24) is 0 Å². The highest BCUT2D eigenvalue weighted by atomic mass is 35.5. The van der Waals surface area contributed by atoms with Gasteiger partial charge in [0.25, 0.3) is 0 Å². The van der Waals surface area contributed by atoms with E-state index in [1.54, 1.807) is 54.6 Å². The Labute approximate surface area is 189 Å². The minimum absolute atomic E-state index is 0.107. The molecule has 1 N–H and O–H groups in total. The van der Waals surface area contributed by atoms with Crippen LogP contribution >= 0.6 is 23.2 Å². The van der Waals surface area contributed by atoms with Crippen molar-refractivity contribution < 1.29 is 19.4 Å². The molecular weight excluding hydrogens is 437 g/mol. The molecule has 0 aromatic heterocycles. The minimum Gasteiger partial charge on any atom is -0.493 e. The van der Waals surface area contributed by atoms with E-state index >= 15 is 0 Å². The van der Waals surface area contributed by atoms with Gasteiger partial charge in [-0.3, -0.25) is 0 Å². The van der Waals surface area contributed by atoms with E-state index in [2.05, 4.69) is 6.07 Å². The lowest BCUT2D eigenvalue weighted by Crippen LogP contribution is -2.01. The summed E-state index contributed by atoms with van der Waals surface area (Å²) in [6.07, 6.45) is 1.66. The summed E-state index contributed by atoms with van der Waals surface area (Å²) in [5, 5.41) is 19.5. The number of hydrogen-bond acceptors (Lipinski definition) is 4. The third-order valence-electron chi connectivity index (χ3n) is 4.40. The fourth-order valence-electron chi connectivity index (χ4n) is 2.93. The number of aromatic carboxylic acids is 1. The first-order valence-corrected chi connectivity index (χ1v) is 9.87. The van der Waals surface area contributed by atoms with Gasteiger partial charge in [-0.05, 0) is 47.5 Å². The molecule has 0 fully saturated rings. The number of nitriles is 1. The van der Waals surface area contributed by atoms with Crippen LogP contribution in [0.15, 0.2) is 60.7 Å². The van der Waals surface area contributed by atoms with E-state index in [1.807, 2.05) is 0 Å². The summed E-state index contributed by atoms with van der Waals surface area (Å²) in [4.78, 5) is 11.1. The molecule has 0 saturated heterocycles. The molecule has 0 aliphatic carbocycles. The summed E-state index contributed by atoms with van der Waals surface area (Å²) in [5.41, 5.74) is 2.47. The smallest absolute Gasteiger partial charge is 0.335 e. The maximum absolute atomic E-state index is 11.1. The third-order valence-corrected chi connectivity index (χ3v) is 5.01. The van der Waals surface area contributed by atoms with Crippen molar-refractivity contribution in [3.63, 3.8) is 0 Å². The van der Waals surface area contributed by atoms with Gasteiger partial charge in [0, 0.05) is 10.6 Å². The maximum Gasteiger partial charge on any atom is 0.335 e. The van der Waals surface area contributed by atoms with Crippen molar-refractivity contribution in [3.05, 3.63) is 93.0 Å². The number of carboxylic acids is 1. The molecule has 0 radical (unpaired) electrons. The first-order chi connectivity index (χ1) is 14.9. The number of carbonyl (C=O) groups is 1. The Balaban J connectivity index is 1.90. The normalized spacial score (nSPS) is 11.0. The van der Waals surface area contributed by atoms with Gasteiger partial charge in [-0.15, -0.1) is 0 Å². The lowest BCUT2D eigenvalue weighted by molar-refractivity contribution is 0.0696. The van der Waals surface area contributed by atoms with E-state index in [9.17, 15) is 10.1 Å². The quantitative estimate of drug-likeness (QED) is 0.333. The van der Waals surface area contributed by atoms with Crippen LogP contribution in [-0.4, -0.2) is 18.2 Å². The van der Waals surface area contributed by atoms with Crippen molar-refractivity contribution in [2.24, 2.45) is 0 Å². The fourth-order valence-corrected chi connectivity index (χ4v) is 3.44. The largest absolute Gasteiger partial charge is 0.493 e. The molecule has 0 aliphatic rings. The highest BCUT2D eigenvalue weighted by Gasteiger charge is 2.14. The molecule has 0 unspecified atom stereocenters. The Bertz CT molecular complexity index is 1200. The van der Waals surface area contributed by atoms with E-state index in [-0.39, 0.29) is 17.2 Å². The van der Waals surface area contributed by atoms with Crippen LogP contribution in [0.4, 0.5) is 0 Å². The van der Waals surface area contributed by atoms with Crippen LogP contribution < -0.4 is 9.47 Å². The van der Waals surface area contributed by atoms with Crippen LogP contribution in [0, 0.1) is 11.3 Å². The number of methoxy groups -OCH3 is 1. The summed E-state index contributed by atoms with van der Waals surface area (Å²) < 4.78 is 11.2. The van der Waals surface area contributed by atoms with Crippen LogP contribution in [0.1, 0.15) is 27.0 Å². The maximum atomic E-state index is 11.1. The highest BCUT2D eigenvalue weighted by molar-refractivity contribution is 6.33. The number of rotatable bonds is 7. The van der Waals surface area contributed by atoms with Gasteiger partial charge in [-0.1, -0.05) is 53.5 Å². The second kappa shape index (κ2) is 10.0. The molecule has 0 spiro atoms. The molecule has 31 heavy (non-hydrogen) atoms. The standard InChI is InChI=1S/C24H17Cl2NO4/c1-30-22-12-16(10-18(13-27)19-7-2-3-8-20(19)25)11-21(26)23(22)31-14-15-5-4-6-17(9-15)24(28)29/h2-12H,14H2,1H3,(H,28,29). The van der Waals surface area contributed by atoms with Crippen LogP contribution in [0.25, 0.3) is 11.6 Å². The molecule has 0 amide bonds. The zero-order valence-corrected chi connectivity index (χ0v) is 17.9. The van der Waals surface area contributed by atoms with Crippen molar-refractivity contribution in [1.29, 1.82) is 5.26 Å². The van der Waals surface area contributed by atoms with Gasteiger partial charge in [0.05, 0.1) is 29.3 Å². The average molecular weight is 454 g/mol. The van der Waals surface area contributed by atoms with Gasteiger partial charge in [-0.25, -0.2) is 4.79 Å². The molecule has 0 bridgehead atoms. The molecule has 3 aromatic carbocycles. The summed E-state index contributed by atoms with van der Waals surface area (Å²) in [7, 11) is 1.48. The van der Waals surface area contributed by atoms with E-state index in [4.69, 9.17) is 37.8 Å². The number of carboxylic acid groups (broad SMARTS) is 1. The Hall–Kier alpha value is -3.46. The van der Waals surface area contributed by atoms with E-state index in [1.165, 1.54) is 19.2 Å². The topological polar surface area (TPSA) is 79.5 Å². The number of nitrogens with zero attached hydrogens (tertiary/aromatic N) is 1. The Morgan fingerprint density at radius 1 is 1.10 bits per heavy atom. The molecule has 3 aromatic rings. The number of halogens is 2. The molecule has 0 heterocycles. The second-order valence-corrected chi connectivity index (χ2v) is 7.29. The third kappa shape index (κ3) is 5.37. The van der Waals surface area contributed by atoms with Gasteiger partial charge in [0.1, 0.15) is 6.61 Å². The Kier molecular flexibility index (Phi) is 7.19. The minimum atomic E-state index is -1.01. The van der Waals surface area contributed by atoms with Gasteiger partial charge < -0.3 is 14.6 Å². The average Bonchev–Trinajstić information content (AvgIpc) is 2.77.